The number of nitrogens with zero attached hydrogens (tertiary/aromatic N) is 5. The lowest BCUT2D eigenvalue weighted by molar-refractivity contribution is -0.385. The van der Waals surface area contributed by atoms with E-state index in [2.05, 4.69) is 15.5 Å². The summed E-state index contributed by atoms with van der Waals surface area (Å²) in [5, 5.41) is 22.8. The minimum absolute atomic E-state index is 0.0700. The Morgan fingerprint density at radius 1 is 0.969 bits per heavy atom. The summed E-state index contributed by atoms with van der Waals surface area (Å²) >= 11 is 0. The van der Waals surface area contributed by atoms with Crippen molar-refractivity contribution in [2.45, 2.75) is 11.8 Å². The van der Waals surface area contributed by atoms with Gasteiger partial charge in [0.25, 0.3) is 5.69 Å². The van der Waals surface area contributed by atoms with Crippen LogP contribution in [0.5, 0.6) is 0 Å². The second-order valence-corrected chi connectivity index (χ2v) is 9.30. The Morgan fingerprint density at radius 2 is 1.69 bits per heavy atom. The quantitative estimate of drug-likeness (QED) is 0.446. The third-order valence-corrected chi connectivity index (χ3v) is 7.17. The number of piperazine rings is 1. The first-order valence-electron chi connectivity index (χ1n) is 10.0. The molecular weight excluding hydrogens is 432 g/mol. The molecule has 32 heavy (non-hydrogen) atoms. The highest BCUT2D eigenvalue weighted by atomic mass is 32.2. The van der Waals surface area contributed by atoms with E-state index in [1.54, 1.807) is 6.92 Å². The van der Waals surface area contributed by atoms with E-state index in [1.165, 1.54) is 16.4 Å². The van der Waals surface area contributed by atoms with Crippen LogP contribution >= 0.6 is 0 Å². The maximum atomic E-state index is 13.0. The number of rotatable bonds is 6. The SMILES string of the molecule is Cc1ccc(S(=O)(=O)N2CCN(c3ccc(Nc4ccccc4)nn3)CC2)cc1[N+](=O)[O-]. The summed E-state index contributed by atoms with van der Waals surface area (Å²) in [6.45, 7) is 2.95. The van der Waals surface area contributed by atoms with E-state index in [1.807, 2.05) is 47.4 Å². The number of para-hydroxylation sites is 1. The fraction of sp³-hybridized carbons (Fsp3) is 0.238. The number of hydrogen-bond acceptors (Lipinski definition) is 8. The largest absolute Gasteiger partial charge is 0.352 e. The monoisotopic (exact) mass is 454 g/mol. The van der Waals surface area contributed by atoms with Gasteiger partial charge in [0, 0.05) is 43.5 Å². The van der Waals surface area contributed by atoms with Gasteiger partial charge in [-0.2, -0.15) is 4.31 Å². The van der Waals surface area contributed by atoms with Gasteiger partial charge >= 0.3 is 0 Å². The van der Waals surface area contributed by atoms with Crippen LogP contribution in [0.2, 0.25) is 0 Å². The number of aryl methyl sites for hydroxylation is 1. The van der Waals surface area contributed by atoms with Crippen LogP contribution in [0.25, 0.3) is 0 Å². The molecule has 0 radical (unpaired) electrons. The van der Waals surface area contributed by atoms with Crippen LogP contribution in [-0.2, 0) is 10.0 Å². The molecule has 2 heterocycles. The molecule has 0 saturated carbocycles. The lowest BCUT2D eigenvalue weighted by atomic mass is 10.2. The summed E-state index contributed by atoms with van der Waals surface area (Å²) in [6.07, 6.45) is 0. The van der Waals surface area contributed by atoms with Crippen molar-refractivity contribution < 1.29 is 13.3 Å². The van der Waals surface area contributed by atoms with E-state index in [4.69, 9.17) is 0 Å². The number of aromatic nitrogens is 2. The molecule has 0 atom stereocenters. The van der Waals surface area contributed by atoms with Crippen molar-refractivity contribution in [2.75, 3.05) is 36.4 Å². The Hall–Kier alpha value is -3.57. The molecule has 2 aromatic carbocycles. The predicted molar refractivity (Wildman–Crippen MR) is 121 cm³/mol. The molecule has 0 spiro atoms. The Labute approximate surface area is 185 Å². The van der Waals surface area contributed by atoms with Gasteiger partial charge in [-0.1, -0.05) is 24.3 Å². The number of nitro groups is 1. The molecule has 3 aromatic rings. The van der Waals surface area contributed by atoms with Crippen molar-refractivity contribution in [2.24, 2.45) is 0 Å². The molecule has 1 aliphatic heterocycles. The van der Waals surface area contributed by atoms with Crippen molar-refractivity contribution >= 4 is 33.0 Å². The predicted octanol–water partition coefficient (Wildman–Crippen LogP) is 2.95. The number of sulfonamides is 1. The van der Waals surface area contributed by atoms with Gasteiger partial charge in [-0.15, -0.1) is 10.2 Å². The van der Waals surface area contributed by atoms with Gasteiger partial charge in [0.2, 0.25) is 10.0 Å². The standard InChI is InChI=1S/C21H22N6O4S/c1-16-7-8-18(15-19(16)27(28)29)32(30,31)26-13-11-25(12-14-26)21-10-9-20(23-24-21)22-17-5-3-2-4-6-17/h2-10,15H,11-14H2,1H3,(H,22,23). The topological polar surface area (TPSA) is 122 Å². The number of nitro benzene ring substituents is 1. The van der Waals surface area contributed by atoms with E-state index < -0.39 is 14.9 Å². The van der Waals surface area contributed by atoms with Crippen LogP contribution in [0.15, 0.2) is 65.6 Å². The Kier molecular flexibility index (Phi) is 6.01. The van der Waals surface area contributed by atoms with Gasteiger partial charge in [-0.05, 0) is 37.3 Å². The molecule has 4 rings (SSSR count). The Morgan fingerprint density at radius 3 is 2.31 bits per heavy atom. The van der Waals surface area contributed by atoms with Crippen LogP contribution in [0.4, 0.5) is 23.0 Å². The Bertz CT molecular complexity index is 1210. The van der Waals surface area contributed by atoms with Crippen LogP contribution in [0.1, 0.15) is 5.56 Å². The highest BCUT2D eigenvalue weighted by Crippen LogP contribution is 2.26. The maximum absolute atomic E-state index is 13.0. The molecule has 11 heteroatoms. The fourth-order valence-electron chi connectivity index (χ4n) is 3.48. The maximum Gasteiger partial charge on any atom is 0.273 e. The van der Waals surface area contributed by atoms with Gasteiger partial charge in [0.1, 0.15) is 0 Å². The van der Waals surface area contributed by atoms with Gasteiger partial charge < -0.3 is 10.2 Å². The van der Waals surface area contributed by atoms with Gasteiger partial charge in [0.15, 0.2) is 11.6 Å². The molecule has 0 amide bonds. The highest BCUT2D eigenvalue weighted by molar-refractivity contribution is 7.89. The van der Waals surface area contributed by atoms with Crippen LogP contribution in [-0.4, -0.2) is 54.0 Å². The average molecular weight is 455 g/mol. The summed E-state index contributed by atoms with van der Waals surface area (Å²) in [6, 6.07) is 17.3. The second-order valence-electron chi connectivity index (χ2n) is 7.36. The third kappa shape index (κ3) is 4.53. The summed E-state index contributed by atoms with van der Waals surface area (Å²) < 4.78 is 27.3. The molecule has 166 valence electrons. The van der Waals surface area contributed by atoms with E-state index in [0.29, 0.717) is 30.3 Å². The summed E-state index contributed by atoms with van der Waals surface area (Å²) in [7, 11) is -3.83. The summed E-state index contributed by atoms with van der Waals surface area (Å²) in [4.78, 5) is 12.5. The zero-order valence-corrected chi connectivity index (χ0v) is 18.2. The zero-order valence-electron chi connectivity index (χ0n) is 17.4. The van der Waals surface area contributed by atoms with Gasteiger partial charge in [0.05, 0.1) is 9.82 Å². The first-order chi connectivity index (χ1) is 15.3. The Balaban J connectivity index is 1.41. The fourth-order valence-corrected chi connectivity index (χ4v) is 4.93. The molecule has 1 aliphatic rings. The van der Waals surface area contributed by atoms with E-state index >= 15 is 0 Å². The molecule has 1 aromatic heterocycles. The first-order valence-corrected chi connectivity index (χ1v) is 11.4. The lowest BCUT2D eigenvalue weighted by Gasteiger charge is -2.34. The van der Waals surface area contributed by atoms with Crippen LogP contribution < -0.4 is 10.2 Å². The lowest BCUT2D eigenvalue weighted by Crippen LogP contribution is -2.49. The van der Waals surface area contributed by atoms with Crippen molar-refractivity contribution in [3.05, 3.63) is 76.3 Å². The average Bonchev–Trinajstić information content (AvgIpc) is 2.80. The molecular formula is C21H22N6O4S. The molecule has 0 aliphatic carbocycles. The van der Waals surface area contributed by atoms with E-state index in [0.717, 1.165) is 11.8 Å². The number of benzene rings is 2. The number of nitrogens with one attached hydrogen (secondary N) is 1. The van der Waals surface area contributed by atoms with Crippen molar-refractivity contribution in [3.8, 4) is 0 Å². The molecule has 1 saturated heterocycles. The molecule has 0 unspecified atom stereocenters. The molecule has 1 fully saturated rings. The second kappa shape index (κ2) is 8.89. The van der Waals surface area contributed by atoms with Crippen LogP contribution in [0, 0.1) is 17.0 Å². The van der Waals surface area contributed by atoms with Crippen molar-refractivity contribution in [1.29, 1.82) is 0 Å². The molecule has 10 nitrogen and oxygen atoms in total. The first kappa shape index (κ1) is 21.7. The summed E-state index contributed by atoms with van der Waals surface area (Å²) in [5.41, 5.74) is 1.12. The third-order valence-electron chi connectivity index (χ3n) is 5.27. The number of anilines is 3. The zero-order chi connectivity index (χ0) is 22.7. The minimum Gasteiger partial charge on any atom is -0.352 e. The van der Waals surface area contributed by atoms with Gasteiger partial charge in [-0.25, -0.2) is 8.42 Å². The van der Waals surface area contributed by atoms with E-state index in [9.17, 15) is 18.5 Å². The normalized spacial score (nSPS) is 14.8. The number of hydrogen-bond donors (Lipinski definition) is 1. The molecule has 0 bridgehead atoms. The van der Waals surface area contributed by atoms with Crippen molar-refractivity contribution in [1.82, 2.24) is 14.5 Å². The van der Waals surface area contributed by atoms with Gasteiger partial charge in [-0.3, -0.25) is 10.1 Å². The highest BCUT2D eigenvalue weighted by Gasteiger charge is 2.30. The minimum atomic E-state index is -3.83. The summed E-state index contributed by atoms with van der Waals surface area (Å²) in [5.74, 6) is 1.27. The smallest absolute Gasteiger partial charge is 0.273 e. The van der Waals surface area contributed by atoms with E-state index in [-0.39, 0.29) is 23.7 Å². The molecule has 1 N–H and O–H groups in total. The van der Waals surface area contributed by atoms with Crippen LogP contribution in [0.3, 0.4) is 0 Å². The van der Waals surface area contributed by atoms with Crippen molar-refractivity contribution in [3.63, 3.8) is 0 Å².